The molecule has 42 heavy (non-hydrogen) atoms. The highest BCUT2D eigenvalue weighted by molar-refractivity contribution is 6.01. The largest absolute Gasteiger partial charge is 0.434 e. The van der Waals surface area contributed by atoms with Crippen molar-refractivity contribution in [3.63, 3.8) is 0 Å². The van der Waals surface area contributed by atoms with Gasteiger partial charge in [0.15, 0.2) is 0 Å². The maximum atomic E-state index is 13.8. The molecule has 218 valence electrons. The molecule has 0 spiro atoms. The Labute approximate surface area is 242 Å². The van der Waals surface area contributed by atoms with Gasteiger partial charge in [-0.2, -0.15) is 0 Å². The van der Waals surface area contributed by atoms with E-state index >= 15 is 0 Å². The second-order valence-electron chi connectivity index (χ2n) is 10.5. The van der Waals surface area contributed by atoms with Gasteiger partial charge in [0.1, 0.15) is 12.1 Å². The van der Waals surface area contributed by atoms with E-state index in [1.54, 1.807) is 17.0 Å². The number of aliphatic hydroxyl groups is 1. The highest BCUT2D eigenvalue weighted by atomic mass is 16.6. The number of cyclic esters (lactones) is 1. The molecule has 0 bridgehead atoms. The average Bonchev–Trinajstić information content (AvgIpc) is 3.30. The molecule has 3 N–H and O–H groups in total. The molecule has 4 amide bonds. The number of hydrogen-bond acceptors (Lipinski definition) is 7. The number of amides is 4. The number of hydrogen-bond donors (Lipinski definition) is 3. The van der Waals surface area contributed by atoms with E-state index in [4.69, 9.17) is 0 Å². The molecule has 5 rings (SSSR count). The van der Waals surface area contributed by atoms with Crippen LogP contribution in [0.1, 0.15) is 28.8 Å². The smallest absolute Gasteiger partial charge is 0.310 e. The van der Waals surface area contributed by atoms with Crippen molar-refractivity contribution < 1.29 is 33.8 Å². The van der Waals surface area contributed by atoms with Crippen LogP contribution in [-0.4, -0.2) is 89.1 Å². The number of nitrogens with zero attached hydrogens (tertiary/aromatic N) is 2. The van der Waals surface area contributed by atoms with E-state index in [2.05, 4.69) is 15.4 Å². The first-order valence-corrected chi connectivity index (χ1v) is 13.8. The molecule has 0 radical (unpaired) electrons. The zero-order valence-electron chi connectivity index (χ0n) is 22.9. The molecule has 0 saturated carbocycles. The van der Waals surface area contributed by atoms with E-state index in [0.29, 0.717) is 18.5 Å². The van der Waals surface area contributed by atoms with Crippen LogP contribution in [0.3, 0.4) is 0 Å². The monoisotopic (exact) mass is 572 g/mol. The van der Waals surface area contributed by atoms with Gasteiger partial charge in [-0.3, -0.25) is 24.0 Å². The second kappa shape index (κ2) is 12.8. The van der Waals surface area contributed by atoms with Gasteiger partial charge in [-0.25, -0.2) is 0 Å². The molecule has 2 heterocycles. The molecule has 3 aromatic carbocycles. The third-order valence-corrected chi connectivity index (χ3v) is 7.40. The summed E-state index contributed by atoms with van der Waals surface area (Å²) in [6.07, 6.45) is -1.07. The van der Waals surface area contributed by atoms with E-state index in [1.807, 2.05) is 60.7 Å². The van der Waals surface area contributed by atoms with Crippen molar-refractivity contribution in [2.45, 2.75) is 37.6 Å². The molecule has 2 saturated heterocycles. The topological polar surface area (TPSA) is 145 Å². The number of rotatable bonds is 7. The lowest BCUT2D eigenvalue weighted by Crippen LogP contribution is -2.58. The summed E-state index contributed by atoms with van der Waals surface area (Å²) >= 11 is 0. The molecular formula is C31H32N4O7. The van der Waals surface area contributed by atoms with Crippen molar-refractivity contribution in [2.24, 2.45) is 0 Å². The van der Waals surface area contributed by atoms with Crippen LogP contribution < -0.4 is 10.6 Å². The molecular weight excluding hydrogens is 540 g/mol. The van der Waals surface area contributed by atoms with Crippen LogP contribution in [0.15, 0.2) is 72.8 Å². The Morgan fingerprint density at radius 1 is 0.905 bits per heavy atom. The second-order valence-corrected chi connectivity index (χ2v) is 10.5. The van der Waals surface area contributed by atoms with E-state index in [1.165, 1.54) is 4.90 Å². The third kappa shape index (κ3) is 6.92. The number of nitrogens with one attached hydrogen (secondary N) is 2. The first-order valence-electron chi connectivity index (χ1n) is 13.8. The normalized spacial score (nSPS) is 20.9. The van der Waals surface area contributed by atoms with Gasteiger partial charge >= 0.3 is 5.97 Å². The zero-order chi connectivity index (χ0) is 29.6. The predicted molar refractivity (Wildman–Crippen MR) is 152 cm³/mol. The number of esters is 1. The van der Waals surface area contributed by atoms with Crippen molar-refractivity contribution in [3.05, 3.63) is 83.9 Å². The summed E-state index contributed by atoms with van der Waals surface area (Å²) in [5.41, 5.74) is 1.19. The van der Waals surface area contributed by atoms with Crippen molar-refractivity contribution in [1.29, 1.82) is 0 Å². The van der Waals surface area contributed by atoms with Crippen LogP contribution in [0.5, 0.6) is 0 Å². The molecule has 3 aromatic rings. The quantitative estimate of drug-likeness (QED) is 0.358. The Morgan fingerprint density at radius 2 is 1.64 bits per heavy atom. The first kappa shape index (κ1) is 28.7. The predicted octanol–water partition coefficient (Wildman–Crippen LogP) is 0.992. The van der Waals surface area contributed by atoms with Crippen LogP contribution >= 0.6 is 0 Å². The van der Waals surface area contributed by atoms with E-state index in [-0.39, 0.29) is 38.4 Å². The van der Waals surface area contributed by atoms with Crippen molar-refractivity contribution >= 4 is 40.4 Å². The minimum Gasteiger partial charge on any atom is -0.434 e. The molecule has 11 heteroatoms. The molecule has 1 unspecified atom stereocenters. The van der Waals surface area contributed by atoms with Crippen LogP contribution in [0, 0.1) is 0 Å². The summed E-state index contributed by atoms with van der Waals surface area (Å²) in [7, 11) is 0. The lowest BCUT2D eigenvalue weighted by atomic mass is 10.1. The number of carbonyl (C=O) groups excluding carboxylic acids is 5. The summed E-state index contributed by atoms with van der Waals surface area (Å²) in [6.45, 7) is 0.0671. The lowest BCUT2D eigenvalue weighted by Gasteiger charge is -2.35. The Morgan fingerprint density at radius 3 is 2.38 bits per heavy atom. The fourth-order valence-corrected chi connectivity index (χ4v) is 5.21. The third-order valence-electron chi connectivity index (χ3n) is 7.40. The molecule has 2 aliphatic heterocycles. The van der Waals surface area contributed by atoms with Gasteiger partial charge in [0.05, 0.1) is 19.4 Å². The van der Waals surface area contributed by atoms with Gasteiger partial charge in [0.2, 0.25) is 24.0 Å². The standard InChI is InChI=1S/C31H32N4O7/c36-26(32-24-17-28(38)42-31(24)41)19-35-14-6-13-34(27(37)15-20-7-2-1-3-8-20)18-25(30(35)40)33-29(39)23-12-11-21-9-4-5-10-22(21)16-23/h1-5,7-12,16,24-25,31,41H,6,13-15,17-19H2,(H,32,36)(H,33,39)/t24-,25-,31?/m0/s1. The average molecular weight is 573 g/mol. The molecule has 3 atom stereocenters. The maximum Gasteiger partial charge on any atom is 0.310 e. The highest BCUT2D eigenvalue weighted by Gasteiger charge is 2.36. The van der Waals surface area contributed by atoms with Gasteiger partial charge in [-0.15, -0.1) is 0 Å². The van der Waals surface area contributed by atoms with E-state index in [0.717, 1.165) is 16.3 Å². The van der Waals surface area contributed by atoms with Crippen LogP contribution in [0.2, 0.25) is 0 Å². The van der Waals surface area contributed by atoms with Gasteiger partial charge in [0, 0.05) is 25.2 Å². The fourth-order valence-electron chi connectivity index (χ4n) is 5.21. The van der Waals surface area contributed by atoms with Crippen LogP contribution in [0.4, 0.5) is 0 Å². The van der Waals surface area contributed by atoms with Crippen LogP contribution in [-0.2, 0) is 30.3 Å². The van der Waals surface area contributed by atoms with Crippen molar-refractivity contribution in [1.82, 2.24) is 20.4 Å². The van der Waals surface area contributed by atoms with Gasteiger partial charge in [-0.1, -0.05) is 60.7 Å². The van der Waals surface area contributed by atoms with Crippen LogP contribution in [0.25, 0.3) is 10.8 Å². The maximum absolute atomic E-state index is 13.8. The van der Waals surface area contributed by atoms with Crippen molar-refractivity contribution in [2.75, 3.05) is 26.2 Å². The minimum atomic E-state index is -1.46. The fraction of sp³-hybridized carbons (Fsp3) is 0.323. The molecule has 0 aliphatic carbocycles. The van der Waals surface area contributed by atoms with Gasteiger partial charge in [0.25, 0.3) is 5.91 Å². The lowest BCUT2D eigenvalue weighted by molar-refractivity contribution is -0.155. The van der Waals surface area contributed by atoms with Crippen molar-refractivity contribution in [3.8, 4) is 0 Å². The molecule has 2 fully saturated rings. The first-order chi connectivity index (χ1) is 20.3. The molecule has 11 nitrogen and oxygen atoms in total. The number of carbonyl (C=O) groups is 5. The van der Waals surface area contributed by atoms with Gasteiger partial charge < -0.3 is 30.3 Å². The molecule has 2 aliphatic rings. The van der Waals surface area contributed by atoms with E-state index in [9.17, 15) is 29.1 Å². The summed E-state index contributed by atoms with van der Waals surface area (Å²) in [5.74, 6) is -2.39. The number of ether oxygens (including phenoxy) is 1. The Hall–Kier alpha value is -4.77. The minimum absolute atomic E-state index is 0.0639. The van der Waals surface area contributed by atoms with E-state index < -0.39 is 42.1 Å². The van der Waals surface area contributed by atoms with Gasteiger partial charge in [-0.05, 0) is 34.9 Å². The summed E-state index contributed by atoms with van der Waals surface area (Å²) in [4.78, 5) is 67.5. The Balaban J connectivity index is 1.33. The number of aliphatic hydroxyl groups excluding tert-OH is 1. The number of benzene rings is 3. The Kier molecular flexibility index (Phi) is 8.77. The zero-order valence-corrected chi connectivity index (χ0v) is 22.9. The highest BCUT2D eigenvalue weighted by Crippen LogP contribution is 2.17. The molecule has 0 aromatic heterocycles. The number of fused-ring (bicyclic) bond motifs is 1. The SMILES string of the molecule is O=C(CN1CCCN(C(=O)Cc2ccccc2)C[C@H](NC(=O)c2ccc3ccccc3c2)C1=O)N[C@H]1CC(=O)OC1O. The summed E-state index contributed by atoms with van der Waals surface area (Å²) in [6, 6.07) is 20.1. The summed E-state index contributed by atoms with van der Waals surface area (Å²) < 4.78 is 4.67. The Bertz CT molecular complexity index is 1490. The summed E-state index contributed by atoms with van der Waals surface area (Å²) in [5, 5.41) is 17.0.